The number of rotatable bonds is 3. The van der Waals surface area contributed by atoms with Gasteiger partial charge >= 0.3 is 0 Å². The molecule has 130 valence electrons. The molecule has 2 aromatic rings. The Morgan fingerprint density at radius 2 is 2.08 bits per heavy atom. The molecule has 25 heavy (non-hydrogen) atoms. The predicted molar refractivity (Wildman–Crippen MR) is 106 cm³/mol. The van der Waals surface area contributed by atoms with Crippen molar-refractivity contribution in [2.24, 2.45) is 4.99 Å². The van der Waals surface area contributed by atoms with Crippen molar-refractivity contribution in [2.45, 2.75) is 18.6 Å². The van der Waals surface area contributed by atoms with Crippen molar-refractivity contribution in [1.29, 1.82) is 0 Å². The van der Waals surface area contributed by atoms with Gasteiger partial charge in [0.15, 0.2) is 5.17 Å². The van der Waals surface area contributed by atoms with Crippen LogP contribution in [0.15, 0.2) is 58.0 Å². The minimum Gasteiger partial charge on any atom is -0.485 e. The van der Waals surface area contributed by atoms with Crippen LogP contribution in [-0.2, 0) is 4.79 Å². The summed E-state index contributed by atoms with van der Waals surface area (Å²) in [5.41, 5.74) is 2.16. The molecule has 0 saturated heterocycles. The number of amides is 1. The summed E-state index contributed by atoms with van der Waals surface area (Å²) in [6, 6.07) is 16.1. The molecule has 0 saturated carbocycles. The van der Waals surface area contributed by atoms with E-state index in [1.807, 2.05) is 42.7 Å². The van der Waals surface area contributed by atoms with Gasteiger partial charge in [-0.25, -0.2) is 0 Å². The summed E-state index contributed by atoms with van der Waals surface area (Å²) in [5, 5.41) is 0.694. The SMILES string of the molecule is CS/C(=N/C1CC(c2ccccc2)Oc2ccc(Br)cc21)N(C)C=O. The maximum Gasteiger partial charge on any atom is 0.215 e. The highest BCUT2D eigenvalue weighted by Crippen LogP contribution is 2.44. The van der Waals surface area contributed by atoms with Crippen molar-refractivity contribution in [1.82, 2.24) is 4.90 Å². The standard InChI is InChI=1S/C19H19BrN2O2S/c1-22(12-23)19(25-2)21-16-11-18(13-6-4-3-5-7-13)24-17-9-8-14(20)10-15(16)17/h3-10,12,16,18H,11H2,1-2H3/b21-19+. The quantitative estimate of drug-likeness (QED) is 0.407. The van der Waals surface area contributed by atoms with Gasteiger partial charge in [0, 0.05) is 23.5 Å². The highest BCUT2D eigenvalue weighted by Gasteiger charge is 2.30. The number of thioether (sulfide) groups is 1. The van der Waals surface area contributed by atoms with Crippen LogP contribution in [0.2, 0.25) is 0 Å². The minimum absolute atomic E-state index is 0.0618. The van der Waals surface area contributed by atoms with Crippen molar-refractivity contribution in [3.8, 4) is 5.75 Å². The van der Waals surface area contributed by atoms with Gasteiger partial charge < -0.3 is 4.74 Å². The van der Waals surface area contributed by atoms with Gasteiger partial charge in [0.25, 0.3) is 0 Å². The van der Waals surface area contributed by atoms with Crippen molar-refractivity contribution in [2.75, 3.05) is 13.3 Å². The summed E-state index contributed by atoms with van der Waals surface area (Å²) < 4.78 is 7.21. The molecule has 6 heteroatoms. The van der Waals surface area contributed by atoms with E-state index < -0.39 is 0 Å². The normalized spacial score (nSPS) is 19.7. The first-order chi connectivity index (χ1) is 12.1. The lowest BCUT2D eigenvalue weighted by molar-refractivity contribution is -0.113. The molecule has 2 atom stereocenters. The fourth-order valence-electron chi connectivity index (χ4n) is 2.88. The first-order valence-electron chi connectivity index (χ1n) is 7.93. The lowest BCUT2D eigenvalue weighted by Gasteiger charge is -2.31. The van der Waals surface area contributed by atoms with Gasteiger partial charge in [-0.1, -0.05) is 58.0 Å². The van der Waals surface area contributed by atoms with Crippen LogP contribution in [0.3, 0.4) is 0 Å². The predicted octanol–water partition coefficient (Wildman–Crippen LogP) is 4.82. The van der Waals surface area contributed by atoms with Gasteiger partial charge in [-0.3, -0.25) is 14.7 Å². The Morgan fingerprint density at radius 3 is 2.76 bits per heavy atom. The molecule has 1 heterocycles. The summed E-state index contributed by atoms with van der Waals surface area (Å²) in [7, 11) is 1.72. The van der Waals surface area contributed by atoms with E-state index >= 15 is 0 Å². The second-order valence-corrected chi connectivity index (χ2v) is 7.47. The van der Waals surface area contributed by atoms with E-state index in [0.29, 0.717) is 5.17 Å². The third-order valence-corrected chi connectivity index (χ3v) is 5.37. The smallest absolute Gasteiger partial charge is 0.215 e. The minimum atomic E-state index is -0.0729. The molecule has 0 aliphatic carbocycles. The number of ether oxygens (including phenoxy) is 1. The molecule has 1 amide bonds. The molecule has 1 aliphatic rings. The van der Waals surface area contributed by atoms with E-state index in [-0.39, 0.29) is 12.1 Å². The summed E-state index contributed by atoms with van der Waals surface area (Å²) in [4.78, 5) is 17.5. The number of benzene rings is 2. The molecule has 1 aliphatic heterocycles. The third kappa shape index (κ3) is 4.07. The first kappa shape index (κ1) is 18.0. The van der Waals surface area contributed by atoms with E-state index in [2.05, 4.69) is 28.1 Å². The van der Waals surface area contributed by atoms with Crippen LogP contribution in [0.1, 0.15) is 29.7 Å². The number of nitrogens with zero attached hydrogens (tertiary/aromatic N) is 2. The Labute approximate surface area is 160 Å². The van der Waals surface area contributed by atoms with Crippen molar-refractivity contribution in [3.63, 3.8) is 0 Å². The number of hydrogen-bond acceptors (Lipinski definition) is 4. The maximum atomic E-state index is 11.1. The van der Waals surface area contributed by atoms with Gasteiger partial charge in [-0.2, -0.15) is 0 Å². The van der Waals surface area contributed by atoms with E-state index in [1.54, 1.807) is 7.05 Å². The summed E-state index contributed by atoms with van der Waals surface area (Å²) in [6.45, 7) is 0. The van der Waals surface area contributed by atoms with E-state index in [9.17, 15) is 4.79 Å². The summed E-state index contributed by atoms with van der Waals surface area (Å²) in [5.74, 6) is 0.839. The van der Waals surface area contributed by atoms with Crippen LogP contribution in [0.5, 0.6) is 5.75 Å². The van der Waals surface area contributed by atoms with Crippen LogP contribution >= 0.6 is 27.7 Å². The molecule has 0 radical (unpaired) electrons. The molecule has 2 aromatic carbocycles. The van der Waals surface area contributed by atoms with Crippen molar-refractivity contribution in [3.05, 3.63) is 64.1 Å². The van der Waals surface area contributed by atoms with Gasteiger partial charge in [-0.15, -0.1) is 0 Å². The van der Waals surface area contributed by atoms with Crippen LogP contribution in [0.4, 0.5) is 0 Å². The Morgan fingerprint density at radius 1 is 1.32 bits per heavy atom. The fraction of sp³-hybridized carbons (Fsp3) is 0.263. The molecule has 0 N–H and O–H groups in total. The second kappa shape index (κ2) is 8.06. The highest BCUT2D eigenvalue weighted by molar-refractivity contribution is 9.10. The zero-order chi connectivity index (χ0) is 17.8. The van der Waals surface area contributed by atoms with Crippen LogP contribution in [-0.4, -0.2) is 29.8 Å². The lowest BCUT2D eigenvalue weighted by Crippen LogP contribution is -2.25. The molecular weight excluding hydrogens is 400 g/mol. The largest absolute Gasteiger partial charge is 0.485 e. The number of hydrogen-bond donors (Lipinski definition) is 0. The molecular formula is C19H19BrN2O2S. The third-order valence-electron chi connectivity index (χ3n) is 4.12. The Kier molecular flexibility index (Phi) is 5.81. The van der Waals surface area contributed by atoms with E-state index in [0.717, 1.165) is 34.2 Å². The van der Waals surface area contributed by atoms with Gasteiger partial charge in [0.2, 0.25) is 6.41 Å². The fourth-order valence-corrected chi connectivity index (χ4v) is 3.82. The number of carbonyl (C=O) groups is 1. The molecule has 0 spiro atoms. The highest BCUT2D eigenvalue weighted by atomic mass is 79.9. The van der Waals surface area contributed by atoms with Crippen LogP contribution in [0.25, 0.3) is 0 Å². The van der Waals surface area contributed by atoms with Crippen molar-refractivity contribution < 1.29 is 9.53 Å². The molecule has 0 bridgehead atoms. The molecule has 0 fully saturated rings. The zero-order valence-electron chi connectivity index (χ0n) is 14.1. The topological polar surface area (TPSA) is 41.9 Å². The summed E-state index contributed by atoms with van der Waals surface area (Å²) >= 11 is 4.99. The lowest BCUT2D eigenvalue weighted by atomic mass is 9.93. The van der Waals surface area contributed by atoms with Crippen molar-refractivity contribution >= 4 is 39.3 Å². The maximum absolute atomic E-state index is 11.1. The molecule has 2 unspecified atom stereocenters. The summed E-state index contributed by atoms with van der Waals surface area (Å²) in [6.07, 6.45) is 3.37. The number of aliphatic imine (C=N–C) groups is 1. The average Bonchev–Trinajstić information content (AvgIpc) is 2.66. The Hall–Kier alpha value is -1.79. The Bertz CT molecular complexity index is 782. The average molecular weight is 419 g/mol. The van der Waals surface area contributed by atoms with Gasteiger partial charge in [0.1, 0.15) is 11.9 Å². The second-order valence-electron chi connectivity index (χ2n) is 5.78. The number of amidine groups is 1. The van der Waals surface area contributed by atoms with Gasteiger partial charge in [0.05, 0.1) is 6.04 Å². The molecule has 4 nitrogen and oxygen atoms in total. The Balaban J connectivity index is 2.01. The number of fused-ring (bicyclic) bond motifs is 1. The first-order valence-corrected chi connectivity index (χ1v) is 9.95. The zero-order valence-corrected chi connectivity index (χ0v) is 16.5. The van der Waals surface area contributed by atoms with Crippen LogP contribution in [0, 0.1) is 0 Å². The molecule has 3 rings (SSSR count). The number of halogens is 1. The monoisotopic (exact) mass is 418 g/mol. The van der Waals surface area contributed by atoms with E-state index in [1.165, 1.54) is 16.7 Å². The van der Waals surface area contributed by atoms with E-state index in [4.69, 9.17) is 9.73 Å². The molecule has 0 aromatic heterocycles. The van der Waals surface area contributed by atoms with Crippen LogP contribution < -0.4 is 4.74 Å². The number of carbonyl (C=O) groups excluding carboxylic acids is 1. The van der Waals surface area contributed by atoms with Gasteiger partial charge in [-0.05, 0) is 30.0 Å².